The summed E-state index contributed by atoms with van der Waals surface area (Å²) < 4.78 is 13.0. The molecule has 0 saturated carbocycles. The lowest BCUT2D eigenvalue weighted by molar-refractivity contribution is -0.118. The van der Waals surface area contributed by atoms with Crippen molar-refractivity contribution in [1.82, 2.24) is 0 Å². The Morgan fingerprint density at radius 3 is 2.47 bits per heavy atom. The lowest BCUT2D eigenvalue weighted by atomic mass is 10.0. The van der Waals surface area contributed by atoms with Crippen molar-refractivity contribution in [3.8, 4) is 0 Å². The molecule has 0 radical (unpaired) electrons. The summed E-state index contributed by atoms with van der Waals surface area (Å²) in [5, 5.41) is 2.66. The molecule has 3 nitrogen and oxygen atoms in total. The quantitative estimate of drug-likeness (QED) is 0.877. The number of halogens is 2. The maximum atomic E-state index is 13.0. The van der Waals surface area contributed by atoms with E-state index >= 15 is 0 Å². The number of nitrogens with two attached hydrogens (primary N) is 1. The lowest BCUT2D eigenvalue weighted by Gasteiger charge is -2.15. The SMILES string of the molecule is Cc1cc(NC(=O)[C@H](N)C(C)C)ccc1F.Cl. The molecule has 0 heterocycles. The summed E-state index contributed by atoms with van der Waals surface area (Å²) in [6.07, 6.45) is 0. The molecule has 5 heteroatoms. The molecule has 0 bridgehead atoms. The maximum Gasteiger partial charge on any atom is 0.241 e. The molecule has 0 aliphatic heterocycles. The Hall–Kier alpha value is -1.13. The van der Waals surface area contributed by atoms with Crippen LogP contribution in [0, 0.1) is 18.7 Å². The van der Waals surface area contributed by atoms with E-state index in [0.717, 1.165) is 0 Å². The van der Waals surface area contributed by atoms with Crippen LogP contribution in [0.25, 0.3) is 0 Å². The minimum absolute atomic E-state index is 0. The first-order valence-corrected chi connectivity index (χ1v) is 5.24. The molecule has 0 fully saturated rings. The van der Waals surface area contributed by atoms with Gasteiger partial charge in [0.05, 0.1) is 6.04 Å². The van der Waals surface area contributed by atoms with Gasteiger partial charge in [0.1, 0.15) is 5.82 Å². The fourth-order valence-electron chi connectivity index (χ4n) is 1.25. The summed E-state index contributed by atoms with van der Waals surface area (Å²) >= 11 is 0. The van der Waals surface area contributed by atoms with Gasteiger partial charge in [0, 0.05) is 5.69 Å². The van der Waals surface area contributed by atoms with Crippen LogP contribution in [-0.4, -0.2) is 11.9 Å². The van der Waals surface area contributed by atoms with E-state index in [1.807, 2.05) is 13.8 Å². The number of amides is 1. The molecule has 1 aromatic carbocycles. The smallest absolute Gasteiger partial charge is 0.241 e. The van der Waals surface area contributed by atoms with Crippen LogP contribution < -0.4 is 11.1 Å². The normalized spacial score (nSPS) is 11.9. The van der Waals surface area contributed by atoms with Crippen molar-refractivity contribution in [2.75, 3.05) is 5.32 Å². The number of benzene rings is 1. The third kappa shape index (κ3) is 4.32. The van der Waals surface area contributed by atoms with Crippen molar-refractivity contribution < 1.29 is 9.18 Å². The number of hydrogen-bond acceptors (Lipinski definition) is 2. The van der Waals surface area contributed by atoms with Gasteiger partial charge in [-0.25, -0.2) is 4.39 Å². The predicted octanol–water partition coefficient (Wildman–Crippen LogP) is 2.48. The molecule has 3 N–H and O–H groups in total. The van der Waals surface area contributed by atoms with Gasteiger partial charge in [0.15, 0.2) is 0 Å². The van der Waals surface area contributed by atoms with Crippen molar-refractivity contribution >= 4 is 24.0 Å². The van der Waals surface area contributed by atoms with Crippen molar-refractivity contribution in [2.24, 2.45) is 11.7 Å². The fraction of sp³-hybridized carbons (Fsp3) is 0.417. The van der Waals surface area contributed by atoms with Crippen molar-refractivity contribution in [1.29, 1.82) is 0 Å². The maximum absolute atomic E-state index is 13.0. The molecular formula is C12H18ClFN2O. The highest BCUT2D eigenvalue weighted by atomic mass is 35.5. The lowest BCUT2D eigenvalue weighted by Crippen LogP contribution is -2.39. The zero-order valence-electron chi connectivity index (χ0n) is 10.2. The molecule has 1 rings (SSSR count). The number of carbonyl (C=O) groups is 1. The average Bonchev–Trinajstić information content (AvgIpc) is 2.22. The minimum Gasteiger partial charge on any atom is -0.325 e. The number of carbonyl (C=O) groups excluding carboxylic acids is 1. The zero-order valence-corrected chi connectivity index (χ0v) is 11.0. The summed E-state index contributed by atoms with van der Waals surface area (Å²) in [5.41, 5.74) is 6.76. The van der Waals surface area contributed by atoms with Gasteiger partial charge < -0.3 is 11.1 Å². The molecule has 0 aromatic heterocycles. The van der Waals surface area contributed by atoms with E-state index < -0.39 is 6.04 Å². The van der Waals surface area contributed by atoms with Crippen molar-refractivity contribution in [2.45, 2.75) is 26.8 Å². The Kier molecular flexibility index (Phi) is 6.13. The third-order valence-corrected chi connectivity index (χ3v) is 2.45. The first-order valence-electron chi connectivity index (χ1n) is 5.24. The summed E-state index contributed by atoms with van der Waals surface area (Å²) in [4.78, 5) is 11.6. The summed E-state index contributed by atoms with van der Waals surface area (Å²) in [7, 11) is 0. The van der Waals surface area contributed by atoms with Gasteiger partial charge in [-0.1, -0.05) is 13.8 Å². The number of nitrogens with one attached hydrogen (secondary N) is 1. The van der Waals surface area contributed by atoms with Gasteiger partial charge in [0.2, 0.25) is 5.91 Å². The van der Waals surface area contributed by atoms with Crippen LogP contribution in [0.15, 0.2) is 18.2 Å². The Morgan fingerprint density at radius 1 is 1.41 bits per heavy atom. The second kappa shape index (κ2) is 6.57. The van der Waals surface area contributed by atoms with E-state index in [9.17, 15) is 9.18 Å². The van der Waals surface area contributed by atoms with Crippen LogP contribution in [0.4, 0.5) is 10.1 Å². The molecule has 0 unspecified atom stereocenters. The highest BCUT2D eigenvalue weighted by molar-refractivity contribution is 5.94. The van der Waals surface area contributed by atoms with E-state index in [4.69, 9.17) is 5.73 Å². The fourth-order valence-corrected chi connectivity index (χ4v) is 1.25. The molecule has 17 heavy (non-hydrogen) atoms. The molecule has 1 atom stereocenters. The highest BCUT2D eigenvalue weighted by Gasteiger charge is 2.17. The van der Waals surface area contributed by atoms with Gasteiger partial charge in [-0.05, 0) is 36.6 Å². The minimum atomic E-state index is -0.551. The molecular weight excluding hydrogens is 243 g/mol. The Balaban J connectivity index is 0.00000256. The van der Waals surface area contributed by atoms with Crippen LogP contribution in [0.1, 0.15) is 19.4 Å². The molecule has 0 aliphatic carbocycles. The summed E-state index contributed by atoms with van der Waals surface area (Å²) in [5.74, 6) is -0.464. The van der Waals surface area contributed by atoms with Gasteiger partial charge >= 0.3 is 0 Å². The molecule has 0 saturated heterocycles. The second-order valence-electron chi connectivity index (χ2n) is 4.22. The highest BCUT2D eigenvalue weighted by Crippen LogP contribution is 2.14. The number of rotatable bonds is 3. The van der Waals surface area contributed by atoms with Crippen molar-refractivity contribution in [3.63, 3.8) is 0 Å². The molecule has 1 aromatic rings. The van der Waals surface area contributed by atoms with Gasteiger partial charge in [-0.2, -0.15) is 0 Å². The summed E-state index contributed by atoms with van der Waals surface area (Å²) in [6.45, 7) is 5.40. The van der Waals surface area contributed by atoms with Gasteiger partial charge in [0.25, 0.3) is 0 Å². The van der Waals surface area contributed by atoms with Crippen LogP contribution in [0.2, 0.25) is 0 Å². The van der Waals surface area contributed by atoms with E-state index in [2.05, 4.69) is 5.32 Å². The monoisotopic (exact) mass is 260 g/mol. The Morgan fingerprint density at radius 2 is 2.00 bits per heavy atom. The van der Waals surface area contributed by atoms with Gasteiger partial charge in [-0.15, -0.1) is 12.4 Å². The predicted molar refractivity (Wildman–Crippen MR) is 69.8 cm³/mol. The van der Waals surface area contributed by atoms with Crippen LogP contribution in [0.5, 0.6) is 0 Å². The van der Waals surface area contributed by atoms with Gasteiger partial charge in [-0.3, -0.25) is 4.79 Å². The second-order valence-corrected chi connectivity index (χ2v) is 4.22. The number of hydrogen-bond donors (Lipinski definition) is 2. The number of aryl methyl sites for hydroxylation is 1. The molecule has 0 aliphatic rings. The molecule has 96 valence electrons. The average molecular weight is 261 g/mol. The summed E-state index contributed by atoms with van der Waals surface area (Å²) in [6, 6.07) is 3.88. The first kappa shape index (κ1) is 15.9. The van der Waals surface area contributed by atoms with Crippen LogP contribution in [0.3, 0.4) is 0 Å². The molecule has 0 spiro atoms. The largest absolute Gasteiger partial charge is 0.325 e. The molecule has 1 amide bonds. The van der Waals surface area contributed by atoms with E-state index in [0.29, 0.717) is 11.3 Å². The van der Waals surface area contributed by atoms with Crippen LogP contribution in [-0.2, 0) is 4.79 Å². The van der Waals surface area contributed by atoms with E-state index in [1.54, 1.807) is 13.0 Å². The Bertz CT molecular complexity index is 396. The number of anilines is 1. The Labute approximate surface area is 107 Å². The van der Waals surface area contributed by atoms with Crippen molar-refractivity contribution in [3.05, 3.63) is 29.6 Å². The standard InChI is InChI=1S/C12H17FN2O.ClH/c1-7(2)11(14)12(16)15-9-4-5-10(13)8(3)6-9;/h4-7,11H,14H2,1-3H3,(H,15,16);1H/t11-;/m1./s1. The zero-order chi connectivity index (χ0) is 12.3. The van der Waals surface area contributed by atoms with Crippen LogP contribution >= 0.6 is 12.4 Å². The topological polar surface area (TPSA) is 55.1 Å². The first-order chi connectivity index (χ1) is 7.41. The van der Waals surface area contributed by atoms with E-state index in [-0.39, 0.29) is 30.0 Å². The van der Waals surface area contributed by atoms with E-state index in [1.165, 1.54) is 12.1 Å². The third-order valence-electron chi connectivity index (χ3n) is 2.45.